The number of hydrogen-bond acceptors (Lipinski definition) is 4. The van der Waals surface area contributed by atoms with Gasteiger partial charge in [0.15, 0.2) is 0 Å². The Morgan fingerprint density at radius 2 is 1.56 bits per heavy atom. The molecule has 2 amide bonds. The summed E-state index contributed by atoms with van der Waals surface area (Å²) >= 11 is 5.92. The van der Waals surface area contributed by atoms with Gasteiger partial charge in [0.2, 0.25) is 5.91 Å². The van der Waals surface area contributed by atoms with E-state index in [0.29, 0.717) is 16.4 Å². The van der Waals surface area contributed by atoms with Crippen LogP contribution in [0.15, 0.2) is 77.7 Å². The Bertz CT molecular complexity index is 1270. The molecule has 0 unspecified atom stereocenters. The van der Waals surface area contributed by atoms with Gasteiger partial charge in [0.05, 0.1) is 21.8 Å². The number of para-hydroxylation sites is 1. The highest BCUT2D eigenvalue weighted by Crippen LogP contribution is 2.25. The molecule has 0 aliphatic carbocycles. The lowest BCUT2D eigenvalue weighted by molar-refractivity contribution is -0.114. The van der Waals surface area contributed by atoms with E-state index in [9.17, 15) is 18.0 Å². The molecule has 0 spiro atoms. The van der Waals surface area contributed by atoms with Crippen molar-refractivity contribution in [1.29, 1.82) is 0 Å². The van der Waals surface area contributed by atoms with Crippen LogP contribution < -0.4 is 14.9 Å². The van der Waals surface area contributed by atoms with Gasteiger partial charge in [0.25, 0.3) is 15.9 Å². The number of halogens is 1. The molecule has 0 saturated carbocycles. The lowest BCUT2D eigenvalue weighted by Gasteiger charge is -2.24. The highest BCUT2D eigenvalue weighted by atomic mass is 35.5. The van der Waals surface area contributed by atoms with Crippen molar-refractivity contribution in [2.75, 3.05) is 16.2 Å². The highest BCUT2D eigenvalue weighted by Gasteiger charge is 2.27. The Morgan fingerprint density at radius 1 is 0.941 bits per heavy atom. The first kappa shape index (κ1) is 25.3. The summed E-state index contributed by atoms with van der Waals surface area (Å²) in [6, 6.07) is 19.0. The van der Waals surface area contributed by atoms with Crippen molar-refractivity contribution in [3.8, 4) is 0 Å². The molecule has 0 fully saturated rings. The van der Waals surface area contributed by atoms with Crippen LogP contribution >= 0.6 is 11.6 Å². The fraction of sp³-hybridized carbons (Fsp3) is 0.200. The number of nitrogens with zero attached hydrogens (tertiary/aromatic N) is 1. The van der Waals surface area contributed by atoms with Crippen LogP contribution in [0.5, 0.6) is 0 Å². The van der Waals surface area contributed by atoms with Crippen molar-refractivity contribution >= 4 is 44.8 Å². The Morgan fingerprint density at radius 3 is 2.18 bits per heavy atom. The smallest absolute Gasteiger partial charge is 0.264 e. The first-order chi connectivity index (χ1) is 16.1. The van der Waals surface area contributed by atoms with Crippen LogP contribution in [0.2, 0.25) is 5.02 Å². The van der Waals surface area contributed by atoms with E-state index in [0.717, 1.165) is 9.87 Å². The molecular weight excluding hydrogens is 474 g/mol. The molecule has 178 valence electrons. The average Bonchev–Trinajstić information content (AvgIpc) is 2.78. The van der Waals surface area contributed by atoms with Crippen molar-refractivity contribution in [3.63, 3.8) is 0 Å². The molecule has 0 aliphatic rings. The van der Waals surface area contributed by atoms with Gasteiger partial charge in [-0.25, -0.2) is 8.42 Å². The van der Waals surface area contributed by atoms with Crippen LogP contribution in [0.1, 0.15) is 29.8 Å². The van der Waals surface area contributed by atoms with E-state index in [4.69, 9.17) is 11.6 Å². The summed E-state index contributed by atoms with van der Waals surface area (Å²) in [5.41, 5.74) is 1.86. The monoisotopic (exact) mass is 499 g/mol. The molecule has 0 aromatic heterocycles. The van der Waals surface area contributed by atoms with Gasteiger partial charge >= 0.3 is 0 Å². The first-order valence-corrected chi connectivity index (χ1v) is 12.4. The molecule has 3 aromatic rings. The van der Waals surface area contributed by atoms with Crippen molar-refractivity contribution in [3.05, 3.63) is 88.9 Å². The zero-order valence-electron chi connectivity index (χ0n) is 19.1. The van der Waals surface area contributed by atoms with Gasteiger partial charge in [-0.15, -0.1) is 0 Å². The molecular formula is C25H26ClN3O4S. The van der Waals surface area contributed by atoms with Crippen molar-refractivity contribution in [2.45, 2.75) is 31.7 Å². The van der Waals surface area contributed by atoms with Gasteiger partial charge < -0.3 is 10.6 Å². The summed E-state index contributed by atoms with van der Waals surface area (Å²) in [5.74, 6) is -0.932. The summed E-state index contributed by atoms with van der Waals surface area (Å²) in [5, 5.41) is 5.87. The van der Waals surface area contributed by atoms with Gasteiger partial charge in [-0.05, 0) is 69.3 Å². The number of carbonyl (C=O) groups excluding carboxylic acids is 2. The number of sulfonamides is 1. The van der Waals surface area contributed by atoms with Crippen molar-refractivity contribution in [1.82, 2.24) is 5.32 Å². The molecule has 0 atom stereocenters. The third-order valence-electron chi connectivity index (χ3n) is 4.88. The maximum Gasteiger partial charge on any atom is 0.264 e. The quantitative estimate of drug-likeness (QED) is 0.472. The molecule has 7 nitrogen and oxygen atoms in total. The number of hydrogen-bond donors (Lipinski definition) is 2. The lowest BCUT2D eigenvalue weighted by atomic mass is 10.1. The first-order valence-electron chi connectivity index (χ1n) is 10.6. The molecule has 2 N–H and O–H groups in total. The summed E-state index contributed by atoms with van der Waals surface area (Å²) in [7, 11) is -4.08. The van der Waals surface area contributed by atoms with Crippen LogP contribution in [0.25, 0.3) is 0 Å². The number of nitrogens with one attached hydrogen (secondary N) is 2. The topological polar surface area (TPSA) is 95.6 Å². The fourth-order valence-electron chi connectivity index (χ4n) is 3.21. The van der Waals surface area contributed by atoms with Gasteiger partial charge in [-0.1, -0.05) is 41.4 Å². The van der Waals surface area contributed by atoms with Gasteiger partial charge in [-0.3, -0.25) is 13.9 Å². The van der Waals surface area contributed by atoms with Gasteiger partial charge in [-0.2, -0.15) is 0 Å². The third kappa shape index (κ3) is 6.15. The highest BCUT2D eigenvalue weighted by molar-refractivity contribution is 7.92. The normalized spacial score (nSPS) is 11.2. The second-order valence-corrected chi connectivity index (χ2v) is 10.3. The average molecular weight is 500 g/mol. The molecule has 0 radical (unpaired) electrons. The molecule has 0 saturated heterocycles. The van der Waals surface area contributed by atoms with E-state index in [1.54, 1.807) is 48.5 Å². The van der Waals surface area contributed by atoms with Crippen LogP contribution in [-0.4, -0.2) is 32.8 Å². The summed E-state index contributed by atoms with van der Waals surface area (Å²) in [6.45, 7) is 5.06. The molecule has 0 aliphatic heterocycles. The Balaban J connectivity index is 1.92. The van der Waals surface area contributed by atoms with E-state index in [-0.39, 0.29) is 22.4 Å². The molecule has 34 heavy (non-hydrogen) atoms. The summed E-state index contributed by atoms with van der Waals surface area (Å²) in [6.07, 6.45) is 0. The van der Waals surface area contributed by atoms with Gasteiger partial charge in [0, 0.05) is 11.1 Å². The standard InChI is InChI=1S/C25H26ClN3O4S/c1-17(2)27-25(31)22-6-4-5-7-23(22)28-24(30)16-29(20-12-8-18(3)9-13-20)34(32,33)21-14-10-19(26)11-15-21/h4-15,17H,16H2,1-3H3,(H,27,31)(H,28,30). The maximum absolute atomic E-state index is 13.5. The minimum Gasteiger partial charge on any atom is -0.350 e. The number of anilines is 2. The number of aryl methyl sites for hydroxylation is 1. The molecule has 0 heterocycles. The van der Waals surface area contributed by atoms with Crippen LogP contribution in [-0.2, 0) is 14.8 Å². The van der Waals surface area contributed by atoms with Gasteiger partial charge in [0.1, 0.15) is 6.54 Å². The lowest BCUT2D eigenvalue weighted by Crippen LogP contribution is -2.38. The zero-order valence-corrected chi connectivity index (χ0v) is 20.7. The molecule has 3 aromatic carbocycles. The molecule has 0 bridgehead atoms. The predicted molar refractivity (Wildman–Crippen MR) is 135 cm³/mol. The molecule has 9 heteroatoms. The number of carbonyl (C=O) groups is 2. The van der Waals surface area contributed by atoms with E-state index in [1.807, 2.05) is 20.8 Å². The number of amides is 2. The van der Waals surface area contributed by atoms with E-state index in [2.05, 4.69) is 10.6 Å². The van der Waals surface area contributed by atoms with Crippen LogP contribution in [0.4, 0.5) is 11.4 Å². The SMILES string of the molecule is Cc1ccc(N(CC(=O)Nc2ccccc2C(=O)NC(C)C)S(=O)(=O)c2ccc(Cl)cc2)cc1. The Labute approximate surface area is 204 Å². The number of benzene rings is 3. The summed E-state index contributed by atoms with van der Waals surface area (Å²) in [4.78, 5) is 25.5. The van der Waals surface area contributed by atoms with E-state index in [1.165, 1.54) is 24.3 Å². The Kier molecular flexibility index (Phi) is 7.96. The second-order valence-electron chi connectivity index (χ2n) is 8.02. The van der Waals surface area contributed by atoms with Crippen molar-refractivity contribution < 1.29 is 18.0 Å². The molecule has 3 rings (SSSR count). The van der Waals surface area contributed by atoms with Crippen LogP contribution in [0.3, 0.4) is 0 Å². The van der Waals surface area contributed by atoms with E-state index < -0.39 is 22.5 Å². The van der Waals surface area contributed by atoms with Crippen LogP contribution in [0, 0.1) is 6.92 Å². The second kappa shape index (κ2) is 10.7. The minimum atomic E-state index is -4.08. The van der Waals surface area contributed by atoms with E-state index >= 15 is 0 Å². The predicted octanol–water partition coefficient (Wildman–Crippen LogP) is 4.62. The van der Waals surface area contributed by atoms with Crippen molar-refractivity contribution in [2.24, 2.45) is 0 Å². The fourth-order valence-corrected chi connectivity index (χ4v) is 4.76. The Hall–Kier alpha value is -3.36. The number of rotatable bonds is 8. The summed E-state index contributed by atoms with van der Waals surface area (Å²) < 4.78 is 27.9. The zero-order chi connectivity index (χ0) is 24.9. The minimum absolute atomic E-state index is 0.00184. The maximum atomic E-state index is 13.5. The third-order valence-corrected chi connectivity index (χ3v) is 6.92. The largest absolute Gasteiger partial charge is 0.350 e.